The number of hydrogen-bond donors (Lipinski definition) is 0. The molecule has 0 radical (unpaired) electrons. The van der Waals surface area contributed by atoms with E-state index in [1.165, 1.54) is 6.07 Å². The monoisotopic (exact) mass is 317 g/mol. The largest absolute Gasteiger partial charge is 0.416 e. The van der Waals surface area contributed by atoms with Crippen molar-refractivity contribution >= 4 is 11.6 Å². The van der Waals surface area contributed by atoms with Crippen molar-refractivity contribution in [2.75, 3.05) is 6.54 Å². The normalized spacial score (nSPS) is 13.0. The van der Waals surface area contributed by atoms with Crippen LogP contribution in [0.3, 0.4) is 0 Å². The van der Waals surface area contributed by atoms with Gasteiger partial charge >= 0.3 is 6.18 Å². The number of benzene rings is 1. The van der Waals surface area contributed by atoms with Crippen molar-refractivity contribution in [2.24, 2.45) is 5.92 Å². The minimum Gasteiger partial charge on any atom is -0.299 e. The van der Waals surface area contributed by atoms with Gasteiger partial charge in [-0.2, -0.15) is 13.2 Å². The van der Waals surface area contributed by atoms with Gasteiger partial charge in [0.1, 0.15) is 11.6 Å². The van der Waals surface area contributed by atoms with Crippen molar-refractivity contribution < 1.29 is 27.7 Å². The van der Waals surface area contributed by atoms with Gasteiger partial charge in [-0.05, 0) is 25.5 Å². The Bertz CT molecular complexity index is 584. The Kier molecular flexibility index (Phi) is 5.40. The highest BCUT2D eigenvalue weighted by molar-refractivity contribution is 6.01. The number of carbonyl (C=O) groups is 2. The molecule has 0 aromatic heterocycles. The Morgan fingerprint density at radius 3 is 2.09 bits per heavy atom. The van der Waals surface area contributed by atoms with Gasteiger partial charge in [0.25, 0.3) is 0 Å². The Balaban J connectivity index is 3.50. The van der Waals surface area contributed by atoms with Gasteiger partial charge in [-0.1, -0.05) is 18.2 Å². The number of ketones is 2. The zero-order chi connectivity index (χ0) is 17.1. The lowest BCUT2D eigenvalue weighted by atomic mass is 9.79. The van der Waals surface area contributed by atoms with E-state index in [4.69, 9.17) is 0 Å². The number of alkyl halides is 3. The molecule has 1 rings (SSSR count). The molecule has 5 nitrogen and oxygen atoms in total. The summed E-state index contributed by atoms with van der Waals surface area (Å²) in [6.45, 7) is 1.14. The molecule has 0 heterocycles. The summed E-state index contributed by atoms with van der Waals surface area (Å²) < 4.78 is 39.2. The van der Waals surface area contributed by atoms with Crippen LogP contribution < -0.4 is 0 Å². The van der Waals surface area contributed by atoms with Crippen molar-refractivity contribution in [3.05, 3.63) is 45.5 Å². The lowest BCUT2D eigenvalue weighted by Crippen LogP contribution is -2.32. The zero-order valence-corrected chi connectivity index (χ0v) is 11.9. The van der Waals surface area contributed by atoms with Crippen molar-refractivity contribution in [1.29, 1.82) is 0 Å². The van der Waals surface area contributed by atoms with Gasteiger partial charge in [-0.3, -0.25) is 19.7 Å². The molecule has 22 heavy (non-hydrogen) atoms. The second-order valence-electron chi connectivity index (χ2n) is 4.91. The molecule has 0 amide bonds. The first-order valence-corrected chi connectivity index (χ1v) is 6.34. The number of nitro groups is 1. The third kappa shape index (κ3) is 4.12. The number of halogens is 3. The zero-order valence-electron chi connectivity index (χ0n) is 11.9. The maximum absolute atomic E-state index is 13.1. The summed E-state index contributed by atoms with van der Waals surface area (Å²) >= 11 is 0. The lowest BCUT2D eigenvalue weighted by molar-refractivity contribution is -0.484. The number of rotatable bonds is 6. The SMILES string of the molecule is CC(=O)C(C(C)=O)C(C[N+](=O)[O-])c1ccccc1C(F)(F)F. The molecule has 8 heteroatoms. The van der Waals surface area contributed by atoms with Gasteiger partial charge in [0, 0.05) is 4.92 Å². The molecule has 0 spiro atoms. The third-order valence-electron chi connectivity index (χ3n) is 3.29. The highest BCUT2D eigenvalue weighted by Gasteiger charge is 2.41. The third-order valence-corrected chi connectivity index (χ3v) is 3.29. The molecule has 0 aliphatic rings. The fourth-order valence-corrected chi connectivity index (χ4v) is 2.48. The van der Waals surface area contributed by atoms with Gasteiger partial charge < -0.3 is 0 Å². The molecular formula is C14H14F3NO4. The molecule has 1 aromatic rings. The van der Waals surface area contributed by atoms with E-state index in [1.807, 2.05) is 0 Å². The Labute approximate surface area is 124 Å². The average Bonchev–Trinajstić information content (AvgIpc) is 2.35. The van der Waals surface area contributed by atoms with E-state index in [0.717, 1.165) is 32.0 Å². The van der Waals surface area contributed by atoms with E-state index in [-0.39, 0.29) is 0 Å². The summed E-state index contributed by atoms with van der Waals surface area (Å²) in [5, 5.41) is 10.8. The maximum atomic E-state index is 13.1. The van der Waals surface area contributed by atoms with E-state index >= 15 is 0 Å². The van der Waals surface area contributed by atoms with E-state index in [2.05, 4.69) is 0 Å². The minimum absolute atomic E-state index is 0.415. The highest BCUT2D eigenvalue weighted by atomic mass is 19.4. The minimum atomic E-state index is -4.73. The first-order chi connectivity index (χ1) is 10.1. The fraction of sp³-hybridized carbons (Fsp3) is 0.429. The molecule has 0 aliphatic heterocycles. The molecule has 1 aromatic carbocycles. The van der Waals surface area contributed by atoms with Crippen molar-refractivity contribution in [2.45, 2.75) is 25.9 Å². The topological polar surface area (TPSA) is 77.3 Å². The summed E-state index contributed by atoms with van der Waals surface area (Å²) in [5.41, 5.74) is -1.49. The summed E-state index contributed by atoms with van der Waals surface area (Å²) in [6, 6.07) is 4.27. The summed E-state index contributed by atoms with van der Waals surface area (Å²) in [4.78, 5) is 33.2. The highest BCUT2D eigenvalue weighted by Crippen LogP contribution is 2.38. The number of carbonyl (C=O) groups excluding carboxylic acids is 2. The molecule has 0 N–H and O–H groups in total. The molecule has 0 bridgehead atoms. The van der Waals surface area contributed by atoms with Crippen LogP contribution in [0.2, 0.25) is 0 Å². The van der Waals surface area contributed by atoms with E-state index in [9.17, 15) is 32.9 Å². The van der Waals surface area contributed by atoms with Gasteiger partial charge in [-0.15, -0.1) is 0 Å². The van der Waals surface area contributed by atoms with Crippen molar-refractivity contribution in [1.82, 2.24) is 0 Å². The van der Waals surface area contributed by atoms with E-state index < -0.39 is 52.2 Å². The molecule has 0 fully saturated rings. The fourth-order valence-electron chi connectivity index (χ4n) is 2.48. The second-order valence-corrected chi connectivity index (χ2v) is 4.91. The van der Waals surface area contributed by atoms with Crippen LogP contribution in [0, 0.1) is 16.0 Å². The second kappa shape index (κ2) is 6.67. The molecule has 0 aliphatic carbocycles. The number of hydrogen-bond acceptors (Lipinski definition) is 4. The van der Waals surface area contributed by atoms with E-state index in [0.29, 0.717) is 0 Å². The smallest absolute Gasteiger partial charge is 0.299 e. The quantitative estimate of drug-likeness (QED) is 0.459. The molecule has 1 atom stereocenters. The van der Waals surface area contributed by atoms with Crippen LogP contribution in [-0.4, -0.2) is 23.0 Å². The van der Waals surface area contributed by atoms with Crippen LogP contribution >= 0.6 is 0 Å². The Morgan fingerprint density at radius 1 is 1.18 bits per heavy atom. The summed E-state index contributed by atoms with van der Waals surface area (Å²) in [6.07, 6.45) is -4.73. The van der Waals surface area contributed by atoms with Crippen molar-refractivity contribution in [3.63, 3.8) is 0 Å². The summed E-state index contributed by atoms with van der Waals surface area (Å²) in [5.74, 6) is -4.33. The van der Waals surface area contributed by atoms with Gasteiger partial charge in [0.2, 0.25) is 6.54 Å². The molecule has 0 saturated heterocycles. The molecule has 120 valence electrons. The van der Waals surface area contributed by atoms with E-state index in [1.54, 1.807) is 0 Å². The predicted octanol–water partition coefficient (Wildman–Crippen LogP) is 2.86. The van der Waals surface area contributed by atoms with Gasteiger partial charge in [0.05, 0.1) is 17.4 Å². The van der Waals surface area contributed by atoms with Gasteiger partial charge in [-0.25, -0.2) is 0 Å². The van der Waals surface area contributed by atoms with Crippen LogP contribution in [0.1, 0.15) is 30.9 Å². The maximum Gasteiger partial charge on any atom is 0.416 e. The first-order valence-electron chi connectivity index (χ1n) is 6.34. The first kappa shape index (κ1) is 17.8. The van der Waals surface area contributed by atoms with Gasteiger partial charge in [0.15, 0.2) is 0 Å². The Morgan fingerprint density at radius 2 is 1.68 bits per heavy atom. The molecular weight excluding hydrogens is 303 g/mol. The van der Waals surface area contributed by atoms with Crippen LogP contribution in [0.5, 0.6) is 0 Å². The lowest BCUT2D eigenvalue weighted by Gasteiger charge is -2.23. The average molecular weight is 317 g/mol. The predicted molar refractivity (Wildman–Crippen MR) is 70.9 cm³/mol. The molecule has 0 saturated carbocycles. The number of Topliss-reactive ketones (excluding diaryl/α,β-unsaturated/α-hetero) is 2. The van der Waals surface area contributed by atoms with Crippen LogP contribution in [0.25, 0.3) is 0 Å². The van der Waals surface area contributed by atoms with Crippen LogP contribution in [-0.2, 0) is 15.8 Å². The Hall–Kier alpha value is -2.25. The summed E-state index contributed by atoms with van der Waals surface area (Å²) in [7, 11) is 0. The number of nitrogens with zero attached hydrogens (tertiary/aromatic N) is 1. The standard InChI is InChI=1S/C14H14F3NO4/c1-8(19)13(9(2)20)11(7-18(21)22)10-5-3-4-6-12(10)14(15,16)17/h3-6,11,13H,7H2,1-2H3. The van der Waals surface area contributed by atoms with Crippen molar-refractivity contribution in [3.8, 4) is 0 Å². The molecule has 1 unspecified atom stereocenters. The van der Waals surface area contributed by atoms with Crippen LogP contribution in [0.4, 0.5) is 13.2 Å². The van der Waals surface area contributed by atoms with Crippen LogP contribution in [0.15, 0.2) is 24.3 Å².